The number of hydrogen-bond acceptors (Lipinski definition) is 4. The van der Waals surface area contributed by atoms with Crippen molar-refractivity contribution in [1.82, 2.24) is 0 Å². The number of fused-ring (bicyclic) bond motifs is 1. The summed E-state index contributed by atoms with van der Waals surface area (Å²) < 4.78 is 4.54. The van der Waals surface area contributed by atoms with E-state index < -0.39 is 10.9 Å². The van der Waals surface area contributed by atoms with E-state index in [1.54, 1.807) is 30.3 Å². The Morgan fingerprint density at radius 3 is 2.67 bits per heavy atom. The van der Waals surface area contributed by atoms with E-state index in [2.05, 4.69) is 4.74 Å². The van der Waals surface area contributed by atoms with Gasteiger partial charge in [-0.3, -0.25) is 14.9 Å². The third-order valence-corrected chi connectivity index (χ3v) is 2.73. The molecule has 0 spiro atoms. The van der Waals surface area contributed by atoms with Crippen LogP contribution >= 0.6 is 0 Å². The SMILES string of the molecule is COC(=O)Cc1ccc2ccccc2c1[N+](=O)[O-]. The maximum atomic E-state index is 11.2. The molecule has 5 nitrogen and oxygen atoms in total. The van der Waals surface area contributed by atoms with E-state index in [0.717, 1.165) is 5.39 Å². The number of methoxy groups -OCH3 is 1. The summed E-state index contributed by atoms with van der Waals surface area (Å²) in [6.45, 7) is 0. The topological polar surface area (TPSA) is 69.4 Å². The van der Waals surface area contributed by atoms with Crippen LogP contribution in [0.4, 0.5) is 5.69 Å². The number of esters is 1. The lowest BCUT2D eigenvalue weighted by Crippen LogP contribution is -2.07. The molecule has 0 aromatic heterocycles. The van der Waals surface area contributed by atoms with Crippen molar-refractivity contribution < 1.29 is 14.5 Å². The predicted octanol–water partition coefficient (Wildman–Crippen LogP) is 2.46. The van der Waals surface area contributed by atoms with Gasteiger partial charge in [0, 0.05) is 5.56 Å². The Morgan fingerprint density at radius 1 is 1.28 bits per heavy atom. The van der Waals surface area contributed by atoms with Crippen LogP contribution in [0.3, 0.4) is 0 Å². The number of benzene rings is 2. The van der Waals surface area contributed by atoms with Crippen LogP contribution in [-0.2, 0) is 16.0 Å². The molecule has 0 saturated carbocycles. The van der Waals surface area contributed by atoms with E-state index in [1.807, 2.05) is 6.07 Å². The Hall–Kier alpha value is -2.43. The second-order valence-corrected chi connectivity index (χ2v) is 3.80. The van der Waals surface area contributed by atoms with Crippen molar-refractivity contribution in [3.63, 3.8) is 0 Å². The highest BCUT2D eigenvalue weighted by Crippen LogP contribution is 2.29. The van der Waals surface area contributed by atoms with Gasteiger partial charge in [0.2, 0.25) is 0 Å². The van der Waals surface area contributed by atoms with Gasteiger partial charge in [0.25, 0.3) is 5.69 Å². The lowest BCUT2D eigenvalue weighted by molar-refractivity contribution is -0.383. The maximum absolute atomic E-state index is 11.2. The van der Waals surface area contributed by atoms with E-state index >= 15 is 0 Å². The molecule has 18 heavy (non-hydrogen) atoms. The van der Waals surface area contributed by atoms with Crippen LogP contribution in [0.5, 0.6) is 0 Å². The van der Waals surface area contributed by atoms with Crippen molar-refractivity contribution in [1.29, 1.82) is 0 Å². The minimum atomic E-state index is -0.492. The van der Waals surface area contributed by atoms with Gasteiger partial charge < -0.3 is 4.74 Å². The molecule has 0 N–H and O–H groups in total. The Labute approximate surface area is 103 Å². The number of nitrogens with zero attached hydrogens (tertiary/aromatic N) is 1. The molecule has 0 aliphatic rings. The zero-order valence-electron chi connectivity index (χ0n) is 9.75. The third-order valence-electron chi connectivity index (χ3n) is 2.73. The van der Waals surface area contributed by atoms with E-state index in [0.29, 0.717) is 10.9 Å². The third kappa shape index (κ3) is 2.15. The number of nitro benzene ring substituents is 1. The van der Waals surface area contributed by atoms with Crippen LogP contribution in [0.2, 0.25) is 0 Å². The van der Waals surface area contributed by atoms with Gasteiger partial charge in [-0.2, -0.15) is 0 Å². The van der Waals surface area contributed by atoms with Gasteiger partial charge in [0.15, 0.2) is 0 Å². The van der Waals surface area contributed by atoms with Crippen molar-refractivity contribution in [2.75, 3.05) is 7.11 Å². The molecule has 92 valence electrons. The first-order valence-electron chi connectivity index (χ1n) is 5.35. The number of hydrogen-bond donors (Lipinski definition) is 0. The summed E-state index contributed by atoms with van der Waals surface area (Å²) >= 11 is 0. The Morgan fingerprint density at radius 2 is 2.00 bits per heavy atom. The number of carbonyl (C=O) groups excluding carboxylic acids is 1. The van der Waals surface area contributed by atoms with Crippen molar-refractivity contribution >= 4 is 22.4 Å². The quantitative estimate of drug-likeness (QED) is 0.473. The van der Waals surface area contributed by atoms with Crippen LogP contribution in [-0.4, -0.2) is 18.0 Å². The molecule has 0 aliphatic carbocycles. The predicted molar refractivity (Wildman–Crippen MR) is 66.3 cm³/mol. The second kappa shape index (κ2) is 4.83. The second-order valence-electron chi connectivity index (χ2n) is 3.80. The zero-order chi connectivity index (χ0) is 13.1. The molecule has 0 heterocycles. The van der Waals surface area contributed by atoms with E-state index in [9.17, 15) is 14.9 Å². The number of carbonyl (C=O) groups is 1. The summed E-state index contributed by atoms with van der Waals surface area (Å²) in [5, 5.41) is 12.5. The van der Waals surface area contributed by atoms with Crippen LogP contribution < -0.4 is 0 Å². The van der Waals surface area contributed by atoms with E-state index in [4.69, 9.17) is 0 Å². The molecule has 0 unspecified atom stereocenters. The molecule has 0 atom stereocenters. The van der Waals surface area contributed by atoms with Crippen molar-refractivity contribution in [3.05, 3.63) is 52.1 Å². The standard InChI is InChI=1S/C13H11NO4/c1-18-12(15)8-10-7-6-9-4-2-3-5-11(9)13(10)14(16)17/h2-7H,8H2,1H3. The van der Waals surface area contributed by atoms with Crippen LogP contribution in [0.25, 0.3) is 10.8 Å². The maximum Gasteiger partial charge on any atom is 0.310 e. The summed E-state index contributed by atoms with van der Waals surface area (Å²) in [5.41, 5.74) is 0.337. The van der Waals surface area contributed by atoms with E-state index in [1.165, 1.54) is 7.11 Å². The average Bonchev–Trinajstić information content (AvgIpc) is 2.37. The Balaban J connectivity index is 2.63. The molecule has 0 saturated heterocycles. The number of nitro groups is 1. The normalized spacial score (nSPS) is 10.3. The largest absolute Gasteiger partial charge is 0.469 e. The highest BCUT2D eigenvalue weighted by atomic mass is 16.6. The highest BCUT2D eigenvalue weighted by molar-refractivity contribution is 5.93. The van der Waals surface area contributed by atoms with Crippen molar-refractivity contribution in [3.8, 4) is 0 Å². The molecule has 2 aromatic rings. The summed E-state index contributed by atoms with van der Waals surface area (Å²) in [6.07, 6.45) is -0.0996. The summed E-state index contributed by atoms with van der Waals surface area (Å²) in [6, 6.07) is 10.4. The van der Waals surface area contributed by atoms with Gasteiger partial charge >= 0.3 is 5.97 Å². The van der Waals surface area contributed by atoms with Gasteiger partial charge in [0.1, 0.15) is 0 Å². The molecular formula is C13H11NO4. The first-order valence-corrected chi connectivity index (χ1v) is 5.35. The molecule has 0 amide bonds. The smallest absolute Gasteiger partial charge is 0.310 e. The van der Waals surface area contributed by atoms with Crippen molar-refractivity contribution in [2.24, 2.45) is 0 Å². The van der Waals surface area contributed by atoms with E-state index in [-0.39, 0.29) is 12.1 Å². The molecule has 0 fully saturated rings. The molecular weight excluding hydrogens is 234 g/mol. The molecule has 2 aromatic carbocycles. The van der Waals surface area contributed by atoms with Gasteiger partial charge in [-0.05, 0) is 11.5 Å². The number of rotatable bonds is 3. The molecule has 2 rings (SSSR count). The molecule has 0 aliphatic heterocycles. The van der Waals surface area contributed by atoms with Gasteiger partial charge in [-0.1, -0.05) is 30.3 Å². The van der Waals surface area contributed by atoms with Crippen LogP contribution in [0.1, 0.15) is 5.56 Å². The molecule has 0 radical (unpaired) electrons. The number of ether oxygens (including phenoxy) is 1. The fourth-order valence-corrected chi connectivity index (χ4v) is 1.89. The summed E-state index contributed by atoms with van der Waals surface area (Å²) in [4.78, 5) is 21.9. The van der Waals surface area contributed by atoms with Crippen molar-refractivity contribution in [2.45, 2.75) is 6.42 Å². The zero-order valence-corrected chi connectivity index (χ0v) is 9.75. The van der Waals surface area contributed by atoms with Gasteiger partial charge in [-0.25, -0.2) is 0 Å². The fraction of sp³-hybridized carbons (Fsp3) is 0.154. The van der Waals surface area contributed by atoms with Crippen LogP contribution in [0.15, 0.2) is 36.4 Å². The van der Waals surface area contributed by atoms with Gasteiger partial charge in [-0.15, -0.1) is 0 Å². The molecule has 5 heteroatoms. The summed E-state index contributed by atoms with van der Waals surface area (Å²) in [5.74, 6) is -0.492. The minimum Gasteiger partial charge on any atom is -0.469 e. The fourth-order valence-electron chi connectivity index (χ4n) is 1.89. The highest BCUT2D eigenvalue weighted by Gasteiger charge is 2.20. The monoisotopic (exact) mass is 245 g/mol. The lowest BCUT2D eigenvalue weighted by atomic mass is 10.0. The average molecular weight is 245 g/mol. The minimum absolute atomic E-state index is 0.0292. The van der Waals surface area contributed by atoms with Crippen LogP contribution in [0, 0.1) is 10.1 Å². The Bertz CT molecular complexity index is 621. The first kappa shape index (κ1) is 12.0. The first-order chi connectivity index (χ1) is 8.63. The molecule has 0 bridgehead atoms. The lowest BCUT2D eigenvalue weighted by Gasteiger charge is -2.05. The summed E-state index contributed by atoms with van der Waals surface area (Å²) in [7, 11) is 1.26. The Kier molecular flexibility index (Phi) is 3.23. The van der Waals surface area contributed by atoms with Gasteiger partial charge in [0.05, 0.1) is 23.8 Å².